The Balaban J connectivity index is 2.71. The number of alkyl halides is 11. The zero-order valence-corrected chi connectivity index (χ0v) is 14.0. The van der Waals surface area contributed by atoms with Gasteiger partial charge in [0.2, 0.25) is 0 Å². The average Bonchev–Trinajstić information content (AvgIpc) is 2.52. The van der Waals surface area contributed by atoms with Crippen LogP contribution >= 0.6 is 11.6 Å². The SMILES string of the molecule is Cc1ccn2c(=O)cc(C(F)(F)C(F)(F)C(F)(F)C(F)(F)C(F)(F)Cl)nc2c1. The third kappa shape index (κ3) is 2.99. The summed E-state index contributed by atoms with van der Waals surface area (Å²) < 4.78 is 135. The summed E-state index contributed by atoms with van der Waals surface area (Å²) in [5.74, 6) is -27.8. The summed E-state index contributed by atoms with van der Waals surface area (Å²) >= 11 is 3.72. The smallest absolute Gasteiger partial charge is 0.269 e. The lowest BCUT2D eigenvalue weighted by Gasteiger charge is -2.37. The molecule has 0 fully saturated rings. The van der Waals surface area contributed by atoms with Gasteiger partial charge in [-0.3, -0.25) is 9.20 Å². The maximum Gasteiger partial charge on any atom is 0.393 e. The zero-order chi connectivity index (χ0) is 21.9. The van der Waals surface area contributed by atoms with Crippen molar-refractivity contribution in [3.05, 3.63) is 46.0 Å². The van der Waals surface area contributed by atoms with E-state index in [1.165, 1.54) is 13.0 Å². The number of pyridine rings is 1. The molecule has 0 saturated carbocycles. The lowest BCUT2D eigenvalue weighted by molar-refractivity contribution is -0.393. The van der Waals surface area contributed by atoms with Gasteiger partial charge < -0.3 is 0 Å². The molecule has 0 amide bonds. The van der Waals surface area contributed by atoms with Crippen molar-refractivity contribution in [1.29, 1.82) is 0 Å². The molecule has 0 radical (unpaired) electrons. The van der Waals surface area contributed by atoms with Crippen LogP contribution in [0.15, 0.2) is 29.2 Å². The van der Waals surface area contributed by atoms with Crippen LogP contribution in [0.4, 0.5) is 43.9 Å². The molecule has 0 saturated heterocycles. The lowest BCUT2D eigenvalue weighted by Crippen LogP contribution is -2.65. The van der Waals surface area contributed by atoms with Gasteiger partial charge in [-0.25, -0.2) is 4.98 Å². The van der Waals surface area contributed by atoms with Crippen molar-refractivity contribution in [3.8, 4) is 0 Å². The van der Waals surface area contributed by atoms with Gasteiger partial charge in [0.15, 0.2) is 0 Å². The van der Waals surface area contributed by atoms with E-state index in [0.29, 0.717) is 4.40 Å². The highest BCUT2D eigenvalue weighted by molar-refractivity contribution is 6.22. The predicted molar refractivity (Wildman–Crippen MR) is 75.7 cm³/mol. The van der Waals surface area contributed by atoms with Crippen LogP contribution in [-0.2, 0) is 5.92 Å². The molecule has 2 rings (SSSR count). The van der Waals surface area contributed by atoms with Gasteiger partial charge in [-0.05, 0) is 36.2 Å². The van der Waals surface area contributed by atoms with Gasteiger partial charge in [0.05, 0.1) is 0 Å². The second kappa shape index (κ2) is 6.22. The topological polar surface area (TPSA) is 34.4 Å². The quantitative estimate of drug-likeness (QED) is 0.489. The first-order valence-electron chi connectivity index (χ1n) is 6.96. The van der Waals surface area contributed by atoms with Gasteiger partial charge in [-0.15, -0.1) is 0 Å². The van der Waals surface area contributed by atoms with Crippen molar-refractivity contribution in [1.82, 2.24) is 9.38 Å². The molecule has 0 aliphatic carbocycles. The molecule has 2 aromatic heterocycles. The van der Waals surface area contributed by atoms with E-state index in [4.69, 9.17) is 0 Å². The van der Waals surface area contributed by atoms with Crippen molar-refractivity contribution in [3.63, 3.8) is 0 Å². The molecule has 3 nitrogen and oxygen atoms in total. The number of halogens is 11. The fourth-order valence-corrected chi connectivity index (χ4v) is 2.22. The van der Waals surface area contributed by atoms with Crippen LogP contribution in [0.5, 0.6) is 0 Å². The molecule has 0 aliphatic rings. The molecule has 156 valence electrons. The van der Waals surface area contributed by atoms with Crippen LogP contribution < -0.4 is 5.56 Å². The monoisotopic (exact) mass is 444 g/mol. The van der Waals surface area contributed by atoms with Gasteiger partial charge in [-0.1, -0.05) is 0 Å². The molecule has 0 bridgehead atoms. The van der Waals surface area contributed by atoms with Crippen molar-refractivity contribution in [2.75, 3.05) is 0 Å². The van der Waals surface area contributed by atoms with Crippen molar-refractivity contribution < 1.29 is 43.9 Å². The van der Waals surface area contributed by atoms with Gasteiger partial charge in [-0.2, -0.15) is 43.9 Å². The summed E-state index contributed by atoms with van der Waals surface area (Å²) in [4.78, 5) is 14.7. The Bertz CT molecular complexity index is 967. The van der Waals surface area contributed by atoms with Gasteiger partial charge in [0.1, 0.15) is 11.3 Å². The van der Waals surface area contributed by atoms with Crippen LogP contribution in [-0.4, -0.2) is 32.5 Å². The Kier molecular flexibility index (Phi) is 4.94. The molecule has 0 aromatic carbocycles. The van der Waals surface area contributed by atoms with E-state index < -0.39 is 46.0 Å². The number of hydrogen-bond acceptors (Lipinski definition) is 2. The predicted octanol–water partition coefficient (Wildman–Crippen LogP) is 4.83. The Morgan fingerprint density at radius 2 is 1.43 bits per heavy atom. The molecule has 28 heavy (non-hydrogen) atoms. The maximum atomic E-state index is 14.1. The minimum absolute atomic E-state index is 0.290. The first-order valence-corrected chi connectivity index (χ1v) is 7.34. The maximum absolute atomic E-state index is 14.1. The summed E-state index contributed by atoms with van der Waals surface area (Å²) in [5.41, 5.74) is -4.16. The number of fused-ring (bicyclic) bond motifs is 1. The third-order valence-corrected chi connectivity index (χ3v) is 3.92. The van der Waals surface area contributed by atoms with E-state index in [9.17, 15) is 48.7 Å². The number of aryl methyl sites for hydroxylation is 1. The number of aromatic nitrogens is 2. The fraction of sp³-hybridized carbons (Fsp3) is 0.429. The largest absolute Gasteiger partial charge is 0.393 e. The summed E-state index contributed by atoms with van der Waals surface area (Å²) in [5, 5.41) is -6.29. The minimum atomic E-state index is -7.33. The zero-order valence-electron chi connectivity index (χ0n) is 13.3. The Morgan fingerprint density at radius 1 is 0.893 bits per heavy atom. The van der Waals surface area contributed by atoms with Gasteiger partial charge in [0, 0.05) is 12.3 Å². The summed E-state index contributed by atoms with van der Waals surface area (Å²) in [6.07, 6.45) is 0.997. The van der Waals surface area contributed by atoms with E-state index >= 15 is 0 Å². The van der Waals surface area contributed by atoms with Crippen molar-refractivity contribution in [2.24, 2.45) is 0 Å². The molecule has 0 spiro atoms. The van der Waals surface area contributed by atoms with Crippen LogP contribution in [0, 0.1) is 6.92 Å². The van der Waals surface area contributed by atoms with E-state index in [1.807, 2.05) is 0 Å². The van der Waals surface area contributed by atoms with Crippen LogP contribution in [0.3, 0.4) is 0 Å². The highest BCUT2D eigenvalue weighted by atomic mass is 35.5. The number of nitrogens with zero attached hydrogens (tertiary/aromatic N) is 2. The molecule has 2 heterocycles. The summed E-state index contributed by atoms with van der Waals surface area (Å²) in [6, 6.07) is 1.92. The number of rotatable bonds is 5. The molecule has 0 unspecified atom stereocenters. The molecular weight excluding hydrogens is 438 g/mol. The third-order valence-electron chi connectivity index (χ3n) is 3.68. The Hall–Kier alpha value is -2.05. The van der Waals surface area contributed by atoms with Crippen LogP contribution in [0.25, 0.3) is 5.65 Å². The second-order valence-electron chi connectivity index (χ2n) is 5.71. The number of hydrogen-bond donors (Lipinski definition) is 0. The van der Waals surface area contributed by atoms with E-state index in [1.54, 1.807) is 0 Å². The normalized spacial score (nSPS) is 14.6. The van der Waals surface area contributed by atoms with E-state index in [-0.39, 0.29) is 11.6 Å². The lowest BCUT2D eigenvalue weighted by atomic mass is 9.96. The standard InChI is InChI=1S/C14H7ClF10N2O/c1-6-2-3-27-8(4-6)26-7(5-9(27)28)10(16,17)11(18,19)12(20,21)13(22,23)14(15,24)25/h2-5H,1H3. The van der Waals surface area contributed by atoms with Crippen LogP contribution in [0.1, 0.15) is 11.3 Å². The van der Waals surface area contributed by atoms with E-state index in [0.717, 1.165) is 12.3 Å². The molecule has 14 heteroatoms. The van der Waals surface area contributed by atoms with Gasteiger partial charge >= 0.3 is 29.1 Å². The molecule has 2 aromatic rings. The Labute approximate surface area is 153 Å². The van der Waals surface area contributed by atoms with E-state index in [2.05, 4.69) is 16.6 Å². The highest BCUT2D eigenvalue weighted by Gasteiger charge is 2.86. The second-order valence-corrected chi connectivity index (χ2v) is 6.18. The van der Waals surface area contributed by atoms with Crippen LogP contribution in [0.2, 0.25) is 0 Å². The minimum Gasteiger partial charge on any atom is -0.269 e. The molecular formula is C14H7ClF10N2O. The van der Waals surface area contributed by atoms with Crippen molar-refractivity contribution in [2.45, 2.75) is 36.0 Å². The Morgan fingerprint density at radius 3 is 1.93 bits per heavy atom. The molecule has 0 aliphatic heterocycles. The fourth-order valence-electron chi connectivity index (χ4n) is 2.10. The van der Waals surface area contributed by atoms with Crippen molar-refractivity contribution >= 4 is 17.2 Å². The average molecular weight is 445 g/mol. The highest BCUT2D eigenvalue weighted by Crippen LogP contribution is 2.59. The summed E-state index contributed by atoms with van der Waals surface area (Å²) in [7, 11) is 0. The molecule has 0 N–H and O–H groups in total. The first kappa shape index (κ1) is 22.2. The molecule has 0 atom stereocenters. The first-order chi connectivity index (χ1) is 12.4. The summed E-state index contributed by atoms with van der Waals surface area (Å²) in [6.45, 7) is 1.38. The van der Waals surface area contributed by atoms with Gasteiger partial charge in [0.25, 0.3) is 5.56 Å².